The third-order valence-corrected chi connectivity index (χ3v) is 8.93. The first-order valence-electron chi connectivity index (χ1n) is 10.2. The van der Waals surface area contributed by atoms with E-state index in [4.69, 9.17) is 11.6 Å². The summed E-state index contributed by atoms with van der Waals surface area (Å²) >= 11 is 6.99. The van der Waals surface area contributed by atoms with E-state index < -0.39 is 22.0 Å². The van der Waals surface area contributed by atoms with Crippen LogP contribution < -0.4 is 5.32 Å². The fourth-order valence-electron chi connectivity index (χ4n) is 3.79. The molecule has 1 aliphatic heterocycles. The van der Waals surface area contributed by atoms with Gasteiger partial charge in [-0.1, -0.05) is 29.0 Å². The molecule has 0 radical (unpaired) electrons. The number of carbonyl (C=O) groups excluding carboxylic acids is 1. The molecule has 1 N–H and O–H groups in total. The van der Waals surface area contributed by atoms with Gasteiger partial charge in [0.2, 0.25) is 15.0 Å². The van der Waals surface area contributed by atoms with E-state index in [9.17, 15) is 13.2 Å². The van der Waals surface area contributed by atoms with Gasteiger partial charge in [-0.15, -0.1) is 10.2 Å². The van der Waals surface area contributed by atoms with Gasteiger partial charge in [0.1, 0.15) is 5.01 Å². The highest BCUT2D eigenvalue weighted by molar-refractivity contribution is 7.89. The quantitative estimate of drug-likeness (QED) is 0.549. The van der Waals surface area contributed by atoms with Gasteiger partial charge in [0.05, 0.1) is 10.9 Å². The Morgan fingerprint density at radius 2 is 1.78 bits per heavy atom. The average molecular weight is 491 g/mol. The number of sulfonamides is 1. The van der Waals surface area contributed by atoms with Crippen LogP contribution in [0.3, 0.4) is 0 Å². The molecule has 7 nitrogen and oxygen atoms in total. The zero-order valence-corrected chi connectivity index (χ0v) is 20.3. The van der Waals surface area contributed by atoms with Crippen LogP contribution in [0.2, 0.25) is 5.02 Å². The molecule has 1 atom stereocenters. The number of nitrogens with zero attached hydrogens (tertiary/aromatic N) is 3. The molecule has 32 heavy (non-hydrogen) atoms. The molecule has 2 aromatic carbocycles. The molecule has 1 fully saturated rings. The Morgan fingerprint density at radius 3 is 2.50 bits per heavy atom. The van der Waals surface area contributed by atoms with E-state index in [0.29, 0.717) is 33.6 Å². The maximum atomic E-state index is 13.5. The SMILES string of the molecule is Cc1cc(C)c(S(=O)(=O)N2CCC[C@@H]2c2nnc(C(=O)Nc3ccc(Cl)cc3)s2)cc1C. The van der Waals surface area contributed by atoms with E-state index in [-0.39, 0.29) is 5.01 Å². The van der Waals surface area contributed by atoms with Crippen molar-refractivity contribution < 1.29 is 13.2 Å². The number of anilines is 1. The first kappa shape index (κ1) is 22.8. The molecule has 10 heteroatoms. The Balaban J connectivity index is 1.58. The van der Waals surface area contributed by atoms with Crippen molar-refractivity contribution >= 4 is 44.6 Å². The second kappa shape index (κ2) is 8.90. The number of halogens is 1. The lowest BCUT2D eigenvalue weighted by Gasteiger charge is -2.23. The average Bonchev–Trinajstić information content (AvgIpc) is 3.42. The normalized spacial score (nSPS) is 16.9. The number of hydrogen-bond donors (Lipinski definition) is 1. The van der Waals surface area contributed by atoms with Gasteiger partial charge in [-0.2, -0.15) is 4.31 Å². The lowest BCUT2D eigenvalue weighted by Crippen LogP contribution is -2.31. The molecule has 1 amide bonds. The highest BCUT2D eigenvalue weighted by Crippen LogP contribution is 2.38. The van der Waals surface area contributed by atoms with Crippen molar-refractivity contribution in [2.24, 2.45) is 0 Å². The molecule has 2 heterocycles. The van der Waals surface area contributed by atoms with Crippen LogP contribution in [0.5, 0.6) is 0 Å². The lowest BCUT2D eigenvalue weighted by atomic mass is 10.1. The predicted octanol–water partition coefficient (Wildman–Crippen LogP) is 4.89. The van der Waals surface area contributed by atoms with Gasteiger partial charge < -0.3 is 5.32 Å². The fraction of sp³-hybridized carbons (Fsp3) is 0.318. The Kier molecular flexibility index (Phi) is 6.35. The van der Waals surface area contributed by atoms with Gasteiger partial charge in [0, 0.05) is 17.3 Å². The van der Waals surface area contributed by atoms with Crippen LogP contribution in [0.1, 0.15) is 50.4 Å². The molecule has 168 valence electrons. The van der Waals surface area contributed by atoms with Gasteiger partial charge in [-0.05, 0) is 80.6 Å². The zero-order chi connectivity index (χ0) is 23.0. The van der Waals surface area contributed by atoms with Gasteiger partial charge >= 0.3 is 0 Å². The largest absolute Gasteiger partial charge is 0.320 e. The standard InChI is InChI=1S/C22H23ClN4O3S2/c1-13-11-15(3)19(12-14(13)2)32(29,30)27-10-4-5-18(27)21-25-26-22(31-21)20(28)24-17-8-6-16(23)7-9-17/h6-9,11-12,18H,4-5,10H2,1-3H3,(H,24,28)/t18-/m1/s1. The smallest absolute Gasteiger partial charge is 0.286 e. The molecule has 0 unspecified atom stereocenters. The maximum absolute atomic E-state index is 13.5. The maximum Gasteiger partial charge on any atom is 0.286 e. The molecule has 0 aliphatic carbocycles. The first-order valence-corrected chi connectivity index (χ1v) is 12.8. The summed E-state index contributed by atoms with van der Waals surface area (Å²) in [5, 5.41) is 12.2. The number of aromatic nitrogens is 2. The Hall–Kier alpha value is -2.33. The molecule has 4 rings (SSSR count). The van der Waals surface area contributed by atoms with Crippen molar-refractivity contribution in [3.05, 3.63) is 68.1 Å². The van der Waals surface area contributed by atoms with Crippen molar-refractivity contribution in [1.29, 1.82) is 0 Å². The van der Waals surface area contributed by atoms with E-state index in [1.807, 2.05) is 26.8 Å². The molecule has 0 saturated carbocycles. The number of amides is 1. The number of aryl methyl sites for hydroxylation is 3. The third-order valence-electron chi connectivity index (χ3n) is 5.60. The summed E-state index contributed by atoms with van der Waals surface area (Å²) in [7, 11) is -3.71. The second-order valence-corrected chi connectivity index (χ2v) is 11.2. The minimum Gasteiger partial charge on any atom is -0.320 e. The van der Waals surface area contributed by atoms with Gasteiger partial charge in [0.25, 0.3) is 5.91 Å². The van der Waals surface area contributed by atoms with E-state index in [2.05, 4.69) is 15.5 Å². The Labute approximate surface area is 196 Å². The molecule has 1 saturated heterocycles. The molecule has 0 spiro atoms. The van der Waals surface area contributed by atoms with E-state index in [0.717, 1.165) is 34.4 Å². The topological polar surface area (TPSA) is 92.3 Å². The fourth-order valence-corrected chi connectivity index (χ4v) is 6.82. The van der Waals surface area contributed by atoms with Crippen molar-refractivity contribution in [3.8, 4) is 0 Å². The summed E-state index contributed by atoms with van der Waals surface area (Å²) in [5.41, 5.74) is 3.30. The zero-order valence-electron chi connectivity index (χ0n) is 17.9. The van der Waals surface area contributed by atoms with Crippen LogP contribution in [0.25, 0.3) is 0 Å². The van der Waals surface area contributed by atoms with Crippen molar-refractivity contribution in [3.63, 3.8) is 0 Å². The highest BCUT2D eigenvalue weighted by Gasteiger charge is 2.39. The predicted molar refractivity (Wildman–Crippen MR) is 126 cm³/mol. The number of carbonyl (C=O) groups is 1. The molecule has 0 bridgehead atoms. The van der Waals surface area contributed by atoms with Crippen LogP contribution in [-0.2, 0) is 10.0 Å². The van der Waals surface area contributed by atoms with E-state index in [1.165, 1.54) is 4.31 Å². The van der Waals surface area contributed by atoms with Gasteiger partial charge in [-0.3, -0.25) is 4.79 Å². The minimum absolute atomic E-state index is 0.182. The van der Waals surface area contributed by atoms with Crippen LogP contribution in [0.4, 0.5) is 5.69 Å². The van der Waals surface area contributed by atoms with Crippen molar-refractivity contribution in [2.75, 3.05) is 11.9 Å². The Morgan fingerprint density at radius 1 is 1.09 bits per heavy atom. The molecular formula is C22H23ClN4O3S2. The summed E-state index contributed by atoms with van der Waals surface area (Å²) in [6.07, 6.45) is 1.36. The number of hydrogen-bond acceptors (Lipinski definition) is 6. The molecular weight excluding hydrogens is 468 g/mol. The third kappa shape index (κ3) is 4.43. The summed E-state index contributed by atoms with van der Waals surface area (Å²) < 4.78 is 28.5. The van der Waals surface area contributed by atoms with E-state index in [1.54, 1.807) is 30.3 Å². The van der Waals surface area contributed by atoms with Crippen molar-refractivity contribution in [2.45, 2.75) is 44.6 Å². The number of benzene rings is 2. The second-order valence-electron chi connectivity index (χ2n) is 7.88. The van der Waals surface area contributed by atoms with Crippen LogP contribution >= 0.6 is 22.9 Å². The number of rotatable bonds is 5. The summed E-state index contributed by atoms with van der Waals surface area (Å²) in [5.74, 6) is -0.395. The van der Waals surface area contributed by atoms with Gasteiger partial charge in [0.15, 0.2) is 0 Å². The summed E-state index contributed by atoms with van der Waals surface area (Å²) in [4.78, 5) is 12.9. The van der Waals surface area contributed by atoms with Crippen LogP contribution in [0.15, 0.2) is 41.3 Å². The monoisotopic (exact) mass is 490 g/mol. The van der Waals surface area contributed by atoms with Crippen molar-refractivity contribution in [1.82, 2.24) is 14.5 Å². The minimum atomic E-state index is -3.71. The first-order chi connectivity index (χ1) is 15.2. The number of nitrogens with one attached hydrogen (secondary N) is 1. The Bertz CT molecular complexity index is 1270. The van der Waals surface area contributed by atoms with Gasteiger partial charge in [-0.25, -0.2) is 8.42 Å². The highest BCUT2D eigenvalue weighted by atomic mass is 35.5. The van der Waals surface area contributed by atoms with Crippen LogP contribution in [0, 0.1) is 20.8 Å². The molecule has 3 aromatic rings. The summed E-state index contributed by atoms with van der Waals surface area (Å²) in [6.45, 7) is 6.10. The molecule has 1 aromatic heterocycles. The molecule has 1 aliphatic rings. The lowest BCUT2D eigenvalue weighted by molar-refractivity contribution is 0.102. The van der Waals surface area contributed by atoms with Crippen LogP contribution in [-0.4, -0.2) is 35.4 Å². The summed E-state index contributed by atoms with van der Waals surface area (Å²) in [6, 6.07) is 9.95. The van der Waals surface area contributed by atoms with E-state index >= 15 is 0 Å².